The maximum Gasteiger partial charge on any atom is 0.459 e. The number of halogens is 7. The Hall–Kier alpha value is -4.13. The lowest BCUT2D eigenvalue weighted by Gasteiger charge is -2.27. The summed E-state index contributed by atoms with van der Waals surface area (Å²) in [5, 5.41) is 0. The highest BCUT2D eigenvalue weighted by Gasteiger charge is 2.72. The molecule has 0 fully saturated rings. The van der Waals surface area contributed by atoms with Gasteiger partial charge < -0.3 is 18.9 Å². The van der Waals surface area contributed by atoms with Crippen LogP contribution in [0, 0.1) is 0 Å². The average Bonchev–Trinajstić information content (AvgIpc) is 3.04. The quantitative estimate of drug-likeness (QED) is 0.0575. The van der Waals surface area contributed by atoms with E-state index in [1.54, 1.807) is 48.5 Å². The minimum Gasteiger partial charge on any atom is -0.494 e. The summed E-state index contributed by atoms with van der Waals surface area (Å²) in [6.45, 7) is 1.26. The van der Waals surface area contributed by atoms with E-state index in [9.17, 15) is 40.3 Å². The number of carbonyl (C=O) groups excluding carboxylic acids is 2. The van der Waals surface area contributed by atoms with Crippen molar-refractivity contribution in [1.29, 1.82) is 0 Å². The molecule has 3 aromatic carbocycles. The Morgan fingerprint density at radius 2 is 1.21 bits per heavy atom. The number of alkyl halides is 7. The number of hydrogen-bond acceptors (Lipinski definition) is 6. The van der Waals surface area contributed by atoms with Gasteiger partial charge in [-0.3, -0.25) is 0 Å². The minimum absolute atomic E-state index is 0.0807. The van der Waals surface area contributed by atoms with Gasteiger partial charge in [0.2, 0.25) is 0 Å². The van der Waals surface area contributed by atoms with E-state index in [1.807, 2.05) is 6.92 Å². The maximum atomic E-state index is 13.2. The molecule has 0 aromatic heterocycles. The van der Waals surface area contributed by atoms with Crippen molar-refractivity contribution in [1.82, 2.24) is 0 Å². The molecule has 0 spiro atoms. The maximum absolute atomic E-state index is 13.2. The van der Waals surface area contributed by atoms with Crippen molar-refractivity contribution in [3.63, 3.8) is 0 Å². The van der Waals surface area contributed by atoms with Gasteiger partial charge in [0, 0.05) is 6.42 Å². The SMILES string of the molecule is CCCCCC[C@@H](C)OC(=O)c1ccc(-c2ccc(OC(=O)c3ccc(OCCCOCC(F)(F)C(F)(F)C(F)(F)F)cc3)cc2)cc1. The number of rotatable bonds is 18. The Morgan fingerprint density at radius 3 is 1.79 bits per heavy atom. The molecule has 0 aliphatic carbocycles. The van der Waals surface area contributed by atoms with E-state index in [1.165, 1.54) is 30.7 Å². The molecule has 6 nitrogen and oxygen atoms in total. The van der Waals surface area contributed by atoms with Crippen molar-refractivity contribution in [2.75, 3.05) is 19.8 Å². The summed E-state index contributed by atoms with van der Waals surface area (Å²) >= 11 is 0. The van der Waals surface area contributed by atoms with Gasteiger partial charge in [-0.1, -0.05) is 50.5 Å². The fourth-order valence-corrected chi connectivity index (χ4v) is 4.39. The van der Waals surface area contributed by atoms with Gasteiger partial charge in [0.25, 0.3) is 0 Å². The summed E-state index contributed by atoms with van der Waals surface area (Å²) in [6.07, 6.45) is -1.38. The van der Waals surface area contributed by atoms with Crippen molar-refractivity contribution < 1.29 is 59.3 Å². The van der Waals surface area contributed by atoms with Gasteiger partial charge in [-0.15, -0.1) is 0 Å². The summed E-state index contributed by atoms with van der Waals surface area (Å²) in [4.78, 5) is 25.1. The molecule has 0 saturated carbocycles. The molecule has 3 aromatic rings. The molecule has 0 bridgehead atoms. The van der Waals surface area contributed by atoms with Crippen LogP contribution in [-0.4, -0.2) is 55.9 Å². The van der Waals surface area contributed by atoms with E-state index in [0.29, 0.717) is 5.56 Å². The number of esters is 2. The highest BCUT2D eigenvalue weighted by atomic mass is 19.4. The second kappa shape index (κ2) is 17.3. The van der Waals surface area contributed by atoms with Crippen LogP contribution in [0.5, 0.6) is 11.5 Å². The highest BCUT2D eigenvalue weighted by Crippen LogP contribution is 2.46. The molecular formula is C35H37F7O6. The summed E-state index contributed by atoms with van der Waals surface area (Å²) in [5.74, 6) is -12.1. The molecule has 262 valence electrons. The van der Waals surface area contributed by atoms with Gasteiger partial charge in [0.15, 0.2) is 0 Å². The van der Waals surface area contributed by atoms with Crippen LogP contribution in [0.1, 0.15) is 73.1 Å². The largest absolute Gasteiger partial charge is 0.494 e. The Balaban J connectivity index is 1.41. The van der Waals surface area contributed by atoms with Crippen molar-refractivity contribution in [2.24, 2.45) is 0 Å². The Bertz CT molecular complexity index is 1440. The monoisotopic (exact) mass is 686 g/mol. The zero-order valence-corrected chi connectivity index (χ0v) is 26.5. The van der Waals surface area contributed by atoms with Crippen LogP contribution >= 0.6 is 0 Å². The van der Waals surface area contributed by atoms with Crippen molar-refractivity contribution in [3.8, 4) is 22.6 Å². The van der Waals surface area contributed by atoms with Crippen LogP contribution in [0.15, 0.2) is 72.8 Å². The lowest BCUT2D eigenvalue weighted by atomic mass is 10.0. The first kappa shape index (κ1) is 38.3. The van der Waals surface area contributed by atoms with Crippen molar-refractivity contribution in [2.45, 2.75) is 76.5 Å². The van der Waals surface area contributed by atoms with Crippen LogP contribution in [0.25, 0.3) is 11.1 Å². The first-order valence-corrected chi connectivity index (χ1v) is 15.4. The summed E-state index contributed by atoms with van der Waals surface area (Å²) in [5.41, 5.74) is 2.33. The fourth-order valence-electron chi connectivity index (χ4n) is 4.39. The third-order valence-corrected chi connectivity index (χ3v) is 7.18. The second-order valence-corrected chi connectivity index (χ2v) is 11.1. The zero-order valence-electron chi connectivity index (χ0n) is 26.5. The topological polar surface area (TPSA) is 71.1 Å². The van der Waals surface area contributed by atoms with E-state index < -0.39 is 37.2 Å². The number of benzene rings is 3. The van der Waals surface area contributed by atoms with Crippen LogP contribution in [0.4, 0.5) is 30.7 Å². The Morgan fingerprint density at radius 1 is 0.667 bits per heavy atom. The van der Waals surface area contributed by atoms with E-state index in [0.717, 1.165) is 36.8 Å². The van der Waals surface area contributed by atoms with Crippen molar-refractivity contribution in [3.05, 3.63) is 83.9 Å². The van der Waals surface area contributed by atoms with Gasteiger partial charge in [-0.25, -0.2) is 9.59 Å². The minimum atomic E-state index is -6.41. The lowest BCUT2D eigenvalue weighted by molar-refractivity contribution is -0.361. The normalized spacial score (nSPS) is 12.8. The standard InChI is InChI=1S/C35H37F7O6/c1-3-4-5-6-8-24(2)47-31(43)27-11-9-25(10-12-27)26-13-19-30(20-14-26)48-32(44)28-15-17-29(18-16-28)46-22-7-21-45-23-33(36,37)34(38,39)35(40,41)42/h9-20,24H,3-8,21-23H2,1-2H3/t24-/m1/s1. The second-order valence-electron chi connectivity index (χ2n) is 11.1. The predicted molar refractivity (Wildman–Crippen MR) is 164 cm³/mol. The van der Waals surface area contributed by atoms with Gasteiger partial charge in [0.05, 0.1) is 30.4 Å². The average molecular weight is 687 g/mol. The zero-order chi connectivity index (χ0) is 35.4. The molecule has 1 atom stereocenters. The molecule has 0 N–H and O–H groups in total. The molecule has 0 amide bonds. The molecule has 0 aliphatic rings. The Kier molecular flexibility index (Phi) is 13.8. The lowest BCUT2D eigenvalue weighted by Crippen LogP contribution is -2.54. The molecule has 0 heterocycles. The third-order valence-electron chi connectivity index (χ3n) is 7.18. The van der Waals surface area contributed by atoms with Crippen LogP contribution < -0.4 is 9.47 Å². The molecule has 3 rings (SSSR count). The van der Waals surface area contributed by atoms with E-state index in [-0.39, 0.29) is 42.2 Å². The van der Waals surface area contributed by atoms with Crippen LogP contribution in [0.2, 0.25) is 0 Å². The fraction of sp³-hybridized carbons (Fsp3) is 0.429. The summed E-state index contributed by atoms with van der Waals surface area (Å²) < 4.78 is 109. The van der Waals surface area contributed by atoms with Crippen LogP contribution in [0.3, 0.4) is 0 Å². The van der Waals surface area contributed by atoms with Crippen molar-refractivity contribution >= 4 is 11.9 Å². The summed E-state index contributed by atoms with van der Waals surface area (Å²) in [6, 6.07) is 19.5. The first-order valence-electron chi connectivity index (χ1n) is 15.4. The van der Waals surface area contributed by atoms with Crippen LogP contribution in [-0.2, 0) is 9.47 Å². The molecule has 0 radical (unpaired) electrons. The first-order chi connectivity index (χ1) is 22.6. The molecule has 0 unspecified atom stereocenters. The number of hydrogen-bond donors (Lipinski definition) is 0. The smallest absolute Gasteiger partial charge is 0.459 e. The number of unbranched alkanes of at least 4 members (excludes halogenated alkanes) is 3. The van der Waals surface area contributed by atoms with E-state index >= 15 is 0 Å². The molecule has 48 heavy (non-hydrogen) atoms. The Labute approximate surface area is 274 Å². The predicted octanol–water partition coefficient (Wildman–Crippen LogP) is 9.71. The highest BCUT2D eigenvalue weighted by molar-refractivity contribution is 5.91. The van der Waals surface area contributed by atoms with Gasteiger partial charge in [-0.2, -0.15) is 30.7 Å². The third kappa shape index (κ3) is 11.0. The number of carbonyl (C=O) groups is 2. The number of ether oxygens (including phenoxy) is 4. The molecular weight excluding hydrogens is 649 g/mol. The summed E-state index contributed by atoms with van der Waals surface area (Å²) in [7, 11) is 0. The van der Waals surface area contributed by atoms with E-state index in [4.69, 9.17) is 14.2 Å². The van der Waals surface area contributed by atoms with Gasteiger partial charge >= 0.3 is 30.0 Å². The molecule has 0 aliphatic heterocycles. The van der Waals surface area contributed by atoms with E-state index in [2.05, 4.69) is 11.7 Å². The van der Waals surface area contributed by atoms with Gasteiger partial charge in [-0.05, 0) is 79.4 Å². The molecule has 13 heteroatoms. The van der Waals surface area contributed by atoms with Gasteiger partial charge in [0.1, 0.15) is 18.1 Å². The molecule has 0 saturated heterocycles.